The maximum Gasteiger partial charge on any atom is 0.280 e. The molecule has 4 nitrogen and oxygen atoms in total. The fraction of sp³-hybridized carbons (Fsp3) is 0.0667. The van der Waals surface area contributed by atoms with E-state index in [0.29, 0.717) is 17.0 Å². The van der Waals surface area contributed by atoms with E-state index in [1.165, 1.54) is 5.01 Å². The van der Waals surface area contributed by atoms with Crippen molar-refractivity contribution in [1.29, 1.82) is 0 Å². The summed E-state index contributed by atoms with van der Waals surface area (Å²) in [4.78, 5) is 12.5. The first-order valence-electron chi connectivity index (χ1n) is 6.18. The second-order valence-corrected chi connectivity index (χ2v) is 6.30. The number of halogens is 2. The molecule has 6 heteroatoms. The van der Waals surface area contributed by atoms with Crippen molar-refractivity contribution in [2.75, 3.05) is 5.01 Å². The number of hydrazone groups is 1. The number of benzene rings is 1. The number of furan rings is 1. The molecule has 0 radical (unpaired) electrons. The molecule has 2 heterocycles. The highest BCUT2D eigenvalue weighted by atomic mass is 127. The van der Waals surface area contributed by atoms with E-state index in [1.807, 2.05) is 43.3 Å². The quantitative estimate of drug-likeness (QED) is 0.495. The summed E-state index contributed by atoms with van der Waals surface area (Å²) in [7, 11) is 0. The van der Waals surface area contributed by atoms with Gasteiger partial charge in [-0.15, -0.1) is 0 Å². The minimum absolute atomic E-state index is 0.152. The number of para-hydroxylation sites is 1. The van der Waals surface area contributed by atoms with E-state index in [1.54, 1.807) is 6.08 Å². The molecule has 3 rings (SSSR count). The summed E-state index contributed by atoms with van der Waals surface area (Å²) in [5.74, 6) is 0.473. The number of hydrogen-bond acceptors (Lipinski definition) is 3. The fourth-order valence-electron chi connectivity index (χ4n) is 2.01. The second kappa shape index (κ2) is 5.76. The molecule has 0 saturated carbocycles. The van der Waals surface area contributed by atoms with Crippen molar-refractivity contribution in [1.82, 2.24) is 0 Å². The average Bonchev–Trinajstić information content (AvgIpc) is 2.94. The molecule has 1 aromatic carbocycles. The van der Waals surface area contributed by atoms with Crippen molar-refractivity contribution >= 4 is 61.9 Å². The SMILES string of the molecule is CC1=NN(c2ccccc2)C(=O)/C1=C\c1cc(Br)c(I)o1. The van der Waals surface area contributed by atoms with Crippen LogP contribution in [0.2, 0.25) is 0 Å². The zero-order valence-electron chi connectivity index (χ0n) is 11.0. The lowest BCUT2D eigenvalue weighted by Crippen LogP contribution is -2.21. The molecule has 1 aliphatic rings. The molecule has 0 spiro atoms. The number of nitrogens with zero attached hydrogens (tertiary/aromatic N) is 2. The van der Waals surface area contributed by atoms with Gasteiger partial charge in [0.05, 0.1) is 21.4 Å². The summed E-state index contributed by atoms with van der Waals surface area (Å²) in [6.07, 6.45) is 1.72. The van der Waals surface area contributed by atoms with Crippen LogP contribution >= 0.6 is 38.5 Å². The van der Waals surface area contributed by atoms with Gasteiger partial charge in [-0.25, -0.2) is 0 Å². The largest absolute Gasteiger partial charge is 0.450 e. The molecule has 0 saturated heterocycles. The average molecular weight is 457 g/mol. The minimum Gasteiger partial charge on any atom is -0.450 e. The third-order valence-corrected chi connectivity index (χ3v) is 5.15. The minimum atomic E-state index is -0.152. The van der Waals surface area contributed by atoms with Crippen LogP contribution in [0.4, 0.5) is 5.69 Å². The lowest BCUT2D eigenvalue weighted by molar-refractivity contribution is -0.114. The van der Waals surface area contributed by atoms with E-state index in [9.17, 15) is 4.79 Å². The number of amides is 1. The predicted molar refractivity (Wildman–Crippen MR) is 94.1 cm³/mol. The van der Waals surface area contributed by atoms with Crippen LogP contribution in [0.5, 0.6) is 0 Å². The van der Waals surface area contributed by atoms with E-state index in [0.717, 1.165) is 13.9 Å². The van der Waals surface area contributed by atoms with Crippen molar-refractivity contribution in [2.24, 2.45) is 5.10 Å². The number of carbonyl (C=O) groups is 1. The van der Waals surface area contributed by atoms with Gasteiger partial charge < -0.3 is 4.42 Å². The molecular formula is C15H10BrIN2O2. The van der Waals surface area contributed by atoms with Gasteiger partial charge in [0.25, 0.3) is 5.91 Å². The standard InChI is InChI=1S/C15H10BrIN2O2/c1-9-12(7-11-8-13(16)14(17)21-11)15(20)19(18-9)10-5-3-2-4-6-10/h2-8H,1H3/b12-7-. The Kier molecular flexibility index (Phi) is 3.99. The van der Waals surface area contributed by atoms with Crippen LogP contribution in [0.1, 0.15) is 12.7 Å². The molecule has 106 valence electrons. The van der Waals surface area contributed by atoms with Crippen molar-refractivity contribution < 1.29 is 9.21 Å². The van der Waals surface area contributed by atoms with Gasteiger partial charge >= 0.3 is 0 Å². The number of rotatable bonds is 2. The van der Waals surface area contributed by atoms with Gasteiger partial charge in [0.1, 0.15) is 5.76 Å². The zero-order chi connectivity index (χ0) is 15.0. The third-order valence-electron chi connectivity index (χ3n) is 3.01. The van der Waals surface area contributed by atoms with Gasteiger partial charge in [0.15, 0.2) is 3.77 Å². The van der Waals surface area contributed by atoms with Crippen LogP contribution < -0.4 is 5.01 Å². The number of hydrogen-bond donors (Lipinski definition) is 0. The Bertz CT molecular complexity index is 746. The van der Waals surface area contributed by atoms with E-state index in [2.05, 4.69) is 43.6 Å². The first-order valence-corrected chi connectivity index (χ1v) is 8.05. The molecule has 0 N–H and O–H groups in total. The molecule has 0 bridgehead atoms. The van der Waals surface area contributed by atoms with Gasteiger partial charge in [-0.1, -0.05) is 18.2 Å². The van der Waals surface area contributed by atoms with Crippen molar-refractivity contribution in [2.45, 2.75) is 6.92 Å². The van der Waals surface area contributed by atoms with Crippen molar-refractivity contribution in [3.05, 3.63) is 56.0 Å². The van der Waals surface area contributed by atoms with Crippen LogP contribution in [0.15, 0.2) is 56.0 Å². The van der Waals surface area contributed by atoms with Crippen LogP contribution in [0, 0.1) is 3.77 Å². The predicted octanol–water partition coefficient (Wildman–Crippen LogP) is 4.45. The summed E-state index contributed by atoms with van der Waals surface area (Å²) in [5.41, 5.74) is 1.96. The molecule has 1 amide bonds. The summed E-state index contributed by atoms with van der Waals surface area (Å²) in [6, 6.07) is 11.2. The molecule has 1 aliphatic heterocycles. The first kappa shape index (κ1) is 14.5. The number of carbonyl (C=O) groups excluding carboxylic acids is 1. The molecule has 0 unspecified atom stereocenters. The monoisotopic (exact) mass is 456 g/mol. The molecule has 1 aromatic heterocycles. The van der Waals surface area contributed by atoms with Crippen molar-refractivity contribution in [3.8, 4) is 0 Å². The van der Waals surface area contributed by atoms with Crippen LogP contribution in [0.25, 0.3) is 6.08 Å². The topological polar surface area (TPSA) is 45.8 Å². The highest BCUT2D eigenvalue weighted by Crippen LogP contribution is 2.28. The van der Waals surface area contributed by atoms with Gasteiger partial charge in [-0.05, 0) is 47.1 Å². The van der Waals surface area contributed by atoms with Crippen molar-refractivity contribution in [3.63, 3.8) is 0 Å². The summed E-state index contributed by atoms with van der Waals surface area (Å²) < 4.78 is 7.17. The Labute approximate surface area is 143 Å². The molecule has 0 fully saturated rings. The summed E-state index contributed by atoms with van der Waals surface area (Å²) in [6.45, 7) is 1.82. The van der Waals surface area contributed by atoms with Crippen LogP contribution in [-0.4, -0.2) is 11.6 Å². The van der Waals surface area contributed by atoms with Crippen LogP contribution in [0.3, 0.4) is 0 Å². The lowest BCUT2D eigenvalue weighted by atomic mass is 10.1. The highest BCUT2D eigenvalue weighted by molar-refractivity contribution is 14.1. The van der Waals surface area contributed by atoms with Gasteiger partial charge in [-0.3, -0.25) is 4.79 Å². The molecular weight excluding hydrogens is 447 g/mol. The van der Waals surface area contributed by atoms with Gasteiger partial charge in [0.2, 0.25) is 0 Å². The maximum atomic E-state index is 12.5. The molecule has 0 atom stereocenters. The Morgan fingerprint density at radius 3 is 2.67 bits per heavy atom. The Hall–Kier alpha value is -1.41. The normalized spacial score (nSPS) is 16.7. The fourth-order valence-corrected chi connectivity index (χ4v) is 2.72. The number of anilines is 1. The van der Waals surface area contributed by atoms with E-state index in [-0.39, 0.29) is 5.91 Å². The Morgan fingerprint density at radius 1 is 1.33 bits per heavy atom. The van der Waals surface area contributed by atoms with E-state index < -0.39 is 0 Å². The Balaban J connectivity index is 1.96. The smallest absolute Gasteiger partial charge is 0.280 e. The Morgan fingerprint density at radius 2 is 2.05 bits per heavy atom. The molecule has 0 aliphatic carbocycles. The summed E-state index contributed by atoms with van der Waals surface area (Å²) in [5, 5.41) is 5.73. The summed E-state index contributed by atoms with van der Waals surface area (Å²) >= 11 is 5.48. The van der Waals surface area contributed by atoms with Crippen LogP contribution in [-0.2, 0) is 4.79 Å². The van der Waals surface area contributed by atoms with Gasteiger partial charge in [0, 0.05) is 22.6 Å². The van der Waals surface area contributed by atoms with Gasteiger partial charge in [-0.2, -0.15) is 10.1 Å². The molecule has 2 aromatic rings. The second-order valence-electron chi connectivity index (χ2n) is 4.47. The highest BCUT2D eigenvalue weighted by Gasteiger charge is 2.28. The maximum absolute atomic E-state index is 12.5. The third kappa shape index (κ3) is 2.82. The van der Waals surface area contributed by atoms with E-state index >= 15 is 0 Å². The zero-order valence-corrected chi connectivity index (χ0v) is 14.8. The van der Waals surface area contributed by atoms with E-state index in [4.69, 9.17) is 4.42 Å². The lowest BCUT2D eigenvalue weighted by Gasteiger charge is -2.10. The first-order chi connectivity index (χ1) is 10.1. The molecule has 21 heavy (non-hydrogen) atoms.